The Morgan fingerprint density at radius 2 is 0.721 bits per heavy atom. The molecule has 6 atom stereocenters. The van der Waals surface area contributed by atoms with Crippen molar-refractivity contribution in [2.24, 2.45) is 29.6 Å². The normalized spacial score (nSPS) is 13.1. The molecule has 0 heterocycles. The molecule has 0 aromatic heterocycles. The number of rotatable bonds is 35. The average molecular weight is 1450 g/mol. The number of amides is 5. The molecule has 104 heavy (non-hydrogen) atoms. The van der Waals surface area contributed by atoms with Gasteiger partial charge in [-0.25, -0.2) is 19.2 Å². The van der Waals surface area contributed by atoms with E-state index in [0.717, 1.165) is 41.5 Å². The monoisotopic (exact) mass is 1450 g/mol. The first kappa shape index (κ1) is 92.5. The first-order valence-electron chi connectivity index (χ1n) is 36.0. The number of hydrogen-bond donors (Lipinski definition) is 5. The third-order valence-corrected chi connectivity index (χ3v) is 15.2. The van der Waals surface area contributed by atoms with E-state index in [1.165, 1.54) is 13.8 Å². The van der Waals surface area contributed by atoms with E-state index >= 15 is 0 Å². The van der Waals surface area contributed by atoms with Crippen molar-refractivity contribution in [3.05, 3.63) is 144 Å². The fourth-order valence-corrected chi connectivity index (χ4v) is 9.67. The molecule has 0 spiro atoms. The molecule has 5 amide bonds. The van der Waals surface area contributed by atoms with Crippen molar-refractivity contribution in [2.75, 3.05) is 19.8 Å². The number of esters is 4. The smallest absolute Gasteiger partial charge is 0.329 e. The molecule has 4 aromatic rings. The molecule has 0 saturated heterocycles. The molecule has 1 fully saturated rings. The maximum absolute atomic E-state index is 12.9. The van der Waals surface area contributed by atoms with Crippen molar-refractivity contribution >= 4 is 82.3 Å². The predicted octanol–water partition coefficient (Wildman–Crippen LogP) is 10.3. The summed E-state index contributed by atoms with van der Waals surface area (Å²) >= 11 is 0. The number of carbonyl (C=O) groups excluding carboxylic acids is 14. The molecule has 23 nitrogen and oxygen atoms in total. The average Bonchev–Trinajstić information content (AvgIpc) is 0.953. The van der Waals surface area contributed by atoms with Gasteiger partial charge in [-0.2, -0.15) is 0 Å². The zero-order valence-electron chi connectivity index (χ0n) is 64.3. The predicted molar refractivity (Wildman–Crippen MR) is 397 cm³/mol. The van der Waals surface area contributed by atoms with Gasteiger partial charge in [-0.1, -0.05) is 191 Å². The van der Waals surface area contributed by atoms with E-state index in [4.69, 9.17) is 18.9 Å². The van der Waals surface area contributed by atoms with Crippen molar-refractivity contribution in [1.29, 1.82) is 0 Å². The lowest BCUT2D eigenvalue weighted by molar-refractivity contribution is -0.159. The second-order valence-electron chi connectivity index (χ2n) is 28.1. The van der Waals surface area contributed by atoms with Crippen molar-refractivity contribution in [2.45, 2.75) is 230 Å². The zero-order chi connectivity index (χ0) is 78.8. The van der Waals surface area contributed by atoms with Crippen LogP contribution in [0.2, 0.25) is 0 Å². The maximum Gasteiger partial charge on any atom is 0.329 e. The second kappa shape index (κ2) is 49.2. The lowest BCUT2D eigenvalue weighted by Crippen LogP contribution is -2.47. The van der Waals surface area contributed by atoms with Crippen LogP contribution >= 0.6 is 0 Å². The van der Waals surface area contributed by atoms with E-state index in [1.54, 1.807) is 41.5 Å². The minimum absolute atomic E-state index is 0.0291. The first-order chi connectivity index (χ1) is 48.9. The van der Waals surface area contributed by atoms with Crippen molar-refractivity contribution in [3.8, 4) is 0 Å². The Kier molecular flexibility index (Phi) is 43.7. The van der Waals surface area contributed by atoms with Gasteiger partial charge < -0.3 is 45.5 Å². The lowest BCUT2D eigenvalue weighted by atomic mass is 9.84. The Hall–Kier alpha value is -9.54. The van der Waals surface area contributed by atoms with E-state index in [2.05, 4.69) is 26.6 Å². The fourth-order valence-electron chi connectivity index (χ4n) is 9.67. The van der Waals surface area contributed by atoms with Crippen LogP contribution in [-0.2, 0) is 98.9 Å². The molecule has 3 unspecified atom stereocenters. The Bertz CT molecular complexity index is 3360. The molecule has 23 heteroatoms. The summed E-state index contributed by atoms with van der Waals surface area (Å²) in [6, 6.07) is 33.9. The highest BCUT2D eigenvalue weighted by Gasteiger charge is 2.35. The van der Waals surface area contributed by atoms with Crippen molar-refractivity contribution in [3.63, 3.8) is 0 Å². The van der Waals surface area contributed by atoms with Crippen molar-refractivity contribution in [1.82, 2.24) is 26.6 Å². The topological polar surface area (TPSA) is 336 Å². The molecule has 0 aliphatic heterocycles. The summed E-state index contributed by atoms with van der Waals surface area (Å²) in [5.74, 6) is -8.16. The third kappa shape index (κ3) is 38.6. The number of carbonyl (C=O) groups is 14. The van der Waals surface area contributed by atoms with Crippen LogP contribution < -0.4 is 26.6 Å². The van der Waals surface area contributed by atoms with Crippen LogP contribution in [0.15, 0.2) is 121 Å². The number of hydrogen-bond acceptors (Lipinski definition) is 18. The standard InChI is InChI=1S/C23H27NO4.C20H29NO4.C17H23NO4.C11H19NO4.C10H17NO2/c1-4-28-23(27)19(15-17-11-7-5-8-12-17)24-22(26)21(25)20(16(2)3)18-13-9-6-10-14-18;1-14(2)11-12-17(22)18(23)21-16(19(24)25-20(3,4)5)13-15-9-7-6-8-10-15;1-5-22-17(21)12(4)18-16(20)15(19)14(11(2)3)13-9-7-6-8-10-13;1-5-16-11(15)8(4)12-10(14)9(13)6-7(2)3;1-7(2)3-6-9(12)10(13)11-8-4-5-8/h5-14,16,19-20H,4,15H2,1-3H3,(H,24,26);6-10,14,16H,11-13H2,1-5H3,(H,21,23);6-12,14H,5H2,1-4H3,(H,18,20);7-8H,5-6H2,1-4H3,(H,12,14);7-8H,3-6H2,1-2H3,(H,11,13)/t19-,20?;;12-,14?;8-;/m0.00./s1. The van der Waals surface area contributed by atoms with Crippen molar-refractivity contribution < 1.29 is 86.1 Å². The molecule has 5 N–H and O–H groups in total. The summed E-state index contributed by atoms with van der Waals surface area (Å²) in [6.45, 7) is 33.4. The SMILES string of the molecule is CC(C)CCC(=O)C(=O)NC(Cc1ccccc1)C(=O)OC(C)(C)C.CC(C)CCC(=O)C(=O)NC1CC1.CCOC(=O)[C@H](C)NC(=O)C(=O)C(c1ccccc1)C(C)C.CCOC(=O)[C@H](C)NC(=O)C(=O)CC(C)C.CCOC(=O)[C@H](Cc1ccccc1)NC(=O)C(=O)C(c1ccccc1)C(C)C. The summed E-state index contributed by atoms with van der Waals surface area (Å²) in [4.78, 5) is 167. The van der Waals surface area contributed by atoms with Gasteiger partial charge in [-0.3, -0.25) is 47.9 Å². The molecule has 1 aliphatic rings. The molecule has 572 valence electrons. The quantitative estimate of drug-likeness (QED) is 0.0162. The molecule has 1 aliphatic carbocycles. The fraction of sp³-hybridized carbons (Fsp3) is 0.531. The molecule has 4 aromatic carbocycles. The summed E-state index contributed by atoms with van der Waals surface area (Å²) in [6.07, 6.45) is 4.79. The summed E-state index contributed by atoms with van der Waals surface area (Å²) in [7, 11) is 0. The van der Waals surface area contributed by atoms with Gasteiger partial charge in [-0.15, -0.1) is 0 Å². The van der Waals surface area contributed by atoms with Gasteiger partial charge in [-0.05, 0) is 133 Å². The molecule has 0 radical (unpaired) electrons. The van der Waals surface area contributed by atoms with Gasteiger partial charge in [0, 0.05) is 38.1 Å². The highest BCUT2D eigenvalue weighted by molar-refractivity contribution is 6.39. The highest BCUT2D eigenvalue weighted by Crippen LogP contribution is 2.27. The molecule has 0 bridgehead atoms. The van der Waals surface area contributed by atoms with Crippen LogP contribution in [-0.4, -0.2) is 138 Å². The first-order valence-corrected chi connectivity index (χ1v) is 36.0. The number of nitrogens with one attached hydrogen (secondary N) is 5. The Balaban J connectivity index is 0.000000665. The van der Waals surface area contributed by atoms with E-state index in [-0.39, 0.29) is 81.0 Å². The van der Waals surface area contributed by atoms with Crippen LogP contribution in [0.1, 0.15) is 204 Å². The highest BCUT2D eigenvalue weighted by atomic mass is 16.6. The Morgan fingerprint density at radius 1 is 0.394 bits per heavy atom. The van der Waals surface area contributed by atoms with E-state index < -0.39 is 112 Å². The number of ether oxygens (including phenoxy) is 4. The summed E-state index contributed by atoms with van der Waals surface area (Å²) < 4.78 is 20.0. The van der Waals surface area contributed by atoms with E-state index in [1.807, 2.05) is 191 Å². The third-order valence-electron chi connectivity index (χ3n) is 15.2. The summed E-state index contributed by atoms with van der Waals surface area (Å²) in [5.41, 5.74) is 2.66. The molecule has 1 saturated carbocycles. The summed E-state index contributed by atoms with van der Waals surface area (Å²) in [5, 5.41) is 12.5. The molecule has 5 rings (SSSR count). The van der Waals surface area contributed by atoms with E-state index in [9.17, 15) is 67.1 Å². The Morgan fingerprint density at radius 3 is 1.07 bits per heavy atom. The largest absolute Gasteiger partial charge is 0.464 e. The second-order valence-corrected chi connectivity index (χ2v) is 28.1. The van der Waals surface area contributed by atoms with Crippen LogP contribution in [0, 0.1) is 29.6 Å². The Labute approximate surface area is 615 Å². The van der Waals surface area contributed by atoms with Crippen LogP contribution in [0.4, 0.5) is 0 Å². The van der Waals surface area contributed by atoms with Gasteiger partial charge in [0.1, 0.15) is 29.8 Å². The minimum atomic E-state index is -0.914. The number of benzene rings is 4. The van der Waals surface area contributed by atoms with Gasteiger partial charge in [0.2, 0.25) is 28.9 Å². The maximum atomic E-state index is 12.9. The number of Topliss-reactive ketones (excluding diaryl/α,β-unsaturated/α-hetero) is 5. The van der Waals surface area contributed by atoms with Crippen LogP contribution in [0.25, 0.3) is 0 Å². The minimum Gasteiger partial charge on any atom is -0.464 e. The molecular formula is C81H115N5O18. The zero-order valence-corrected chi connectivity index (χ0v) is 64.3. The van der Waals surface area contributed by atoms with Crippen LogP contribution in [0.5, 0.6) is 0 Å². The molecular weight excluding hydrogens is 1330 g/mol. The number of ketones is 5. The lowest BCUT2D eigenvalue weighted by Gasteiger charge is -2.24. The van der Waals surface area contributed by atoms with Gasteiger partial charge in [0.05, 0.1) is 31.7 Å². The van der Waals surface area contributed by atoms with E-state index in [0.29, 0.717) is 24.7 Å². The van der Waals surface area contributed by atoms with Gasteiger partial charge in [0.15, 0.2) is 0 Å². The van der Waals surface area contributed by atoms with Crippen LogP contribution in [0.3, 0.4) is 0 Å². The van der Waals surface area contributed by atoms with Gasteiger partial charge >= 0.3 is 23.9 Å². The van der Waals surface area contributed by atoms with Gasteiger partial charge in [0.25, 0.3) is 29.5 Å².